The molecular formula is C10H6O6. The van der Waals surface area contributed by atoms with Gasteiger partial charge in [0.1, 0.15) is 11.8 Å². The second kappa shape index (κ2) is 3.65. The van der Waals surface area contributed by atoms with E-state index in [4.69, 9.17) is 8.83 Å². The van der Waals surface area contributed by atoms with E-state index >= 15 is 0 Å². The van der Waals surface area contributed by atoms with Crippen molar-refractivity contribution in [1.29, 1.82) is 0 Å². The molecule has 0 spiro atoms. The van der Waals surface area contributed by atoms with Gasteiger partial charge >= 0.3 is 11.6 Å². The Kier molecular flexibility index (Phi) is 2.32. The molecule has 0 aromatic heterocycles. The maximum Gasteiger partial charge on any atom is 0.373 e. The first kappa shape index (κ1) is 10.2. The van der Waals surface area contributed by atoms with Crippen LogP contribution in [0.25, 0.3) is 11.3 Å². The molecule has 0 unspecified atom stereocenters. The first-order valence-electron chi connectivity index (χ1n) is 4.26. The minimum atomic E-state index is -0.762. The average molecular weight is 222 g/mol. The summed E-state index contributed by atoms with van der Waals surface area (Å²) in [5.74, 6) is -0.703. The predicted molar refractivity (Wildman–Crippen MR) is 50.6 cm³/mol. The van der Waals surface area contributed by atoms with E-state index in [0.29, 0.717) is 6.29 Å². The third-order valence-electron chi connectivity index (χ3n) is 2.05. The molecular weight excluding hydrogens is 216 g/mol. The topological polar surface area (TPSA) is 86.7 Å². The molecule has 0 amide bonds. The number of hydrogen-bond acceptors (Lipinski definition) is 6. The molecule has 0 aromatic rings. The second-order valence-electron chi connectivity index (χ2n) is 2.93. The number of fused-ring (bicyclic) bond motifs is 1. The van der Waals surface area contributed by atoms with Crippen molar-refractivity contribution < 1.29 is 23.2 Å². The van der Waals surface area contributed by atoms with Crippen LogP contribution in [-0.2, 0) is 4.74 Å². The molecule has 2 rings (SSSR count). The van der Waals surface area contributed by atoms with E-state index in [1.165, 1.54) is 13.2 Å². The highest BCUT2D eigenvalue weighted by Crippen LogP contribution is 2.25. The summed E-state index contributed by atoms with van der Waals surface area (Å²) in [6.07, 6.45) is 1.45. The molecule has 0 fully saturated rings. The van der Waals surface area contributed by atoms with Gasteiger partial charge in [-0.3, -0.25) is 4.79 Å². The molecule has 0 saturated carbocycles. The molecule has 0 aliphatic carbocycles. The van der Waals surface area contributed by atoms with Crippen molar-refractivity contribution in [2.75, 3.05) is 7.11 Å². The third kappa shape index (κ3) is 1.40. The number of rotatable bonds is 2. The Morgan fingerprint density at radius 1 is 1.50 bits per heavy atom. The maximum atomic E-state index is 11.2. The zero-order valence-corrected chi connectivity index (χ0v) is 8.18. The molecule has 0 atom stereocenters. The molecule has 0 N–H and O–H groups in total. The Balaban J connectivity index is 2.68. The molecule has 0 bridgehead atoms. The van der Waals surface area contributed by atoms with Gasteiger partial charge in [0.15, 0.2) is 12.0 Å². The number of ether oxygens (including phenoxy) is 1. The third-order valence-corrected chi connectivity index (χ3v) is 2.05. The monoisotopic (exact) mass is 222 g/mol. The van der Waals surface area contributed by atoms with Gasteiger partial charge in [-0.2, -0.15) is 0 Å². The summed E-state index contributed by atoms with van der Waals surface area (Å²) >= 11 is 0. The van der Waals surface area contributed by atoms with E-state index in [1.807, 2.05) is 0 Å². The van der Waals surface area contributed by atoms with Crippen molar-refractivity contribution in [3.63, 3.8) is 0 Å². The van der Waals surface area contributed by atoms with Crippen LogP contribution in [0.15, 0.2) is 26.0 Å². The van der Waals surface area contributed by atoms with E-state index in [9.17, 15) is 14.4 Å². The highest BCUT2D eigenvalue weighted by Gasteiger charge is 2.21. The van der Waals surface area contributed by atoms with Gasteiger partial charge in [-0.05, 0) is 0 Å². The fourth-order valence-corrected chi connectivity index (χ4v) is 1.29. The van der Waals surface area contributed by atoms with E-state index < -0.39 is 11.6 Å². The highest BCUT2D eigenvalue weighted by atomic mass is 16.5. The van der Waals surface area contributed by atoms with Crippen molar-refractivity contribution in [3.05, 3.63) is 34.1 Å². The number of hydrogen-bond donors (Lipinski definition) is 0. The second-order valence-corrected chi connectivity index (χ2v) is 2.93. The van der Waals surface area contributed by atoms with Crippen LogP contribution in [0.4, 0.5) is 0 Å². The lowest BCUT2D eigenvalue weighted by Gasteiger charge is -2.00. The van der Waals surface area contributed by atoms with E-state index in [1.54, 1.807) is 0 Å². The van der Waals surface area contributed by atoms with Crippen LogP contribution in [-0.4, -0.2) is 19.4 Å². The maximum absolute atomic E-state index is 11.2. The van der Waals surface area contributed by atoms with Gasteiger partial charge in [-0.25, -0.2) is 9.59 Å². The van der Waals surface area contributed by atoms with E-state index in [0.717, 1.165) is 6.26 Å². The summed E-state index contributed by atoms with van der Waals surface area (Å²) in [4.78, 5) is 33.0. The van der Waals surface area contributed by atoms with Crippen molar-refractivity contribution in [2.24, 2.45) is 0 Å². The van der Waals surface area contributed by atoms with E-state index in [2.05, 4.69) is 4.74 Å². The largest absolute Gasteiger partial charge is 0.463 e. The van der Waals surface area contributed by atoms with Crippen molar-refractivity contribution >= 4 is 12.3 Å². The first-order chi connectivity index (χ1) is 7.67. The fraction of sp³-hybridized carbons (Fsp3) is 0.100. The average Bonchev–Trinajstić information content (AvgIpc) is 2.62. The molecule has 2 aliphatic heterocycles. The number of furan rings is 1. The molecule has 2 heterocycles. The minimum absolute atomic E-state index is 0.111. The summed E-state index contributed by atoms with van der Waals surface area (Å²) in [5.41, 5.74) is -0.676. The van der Waals surface area contributed by atoms with Gasteiger partial charge in [-0.1, -0.05) is 0 Å². The van der Waals surface area contributed by atoms with Crippen LogP contribution in [0.1, 0.15) is 20.9 Å². The summed E-state index contributed by atoms with van der Waals surface area (Å²) in [7, 11) is 1.19. The standard InChI is InChI=1S/C10H6O6/c1-14-10(13)7-2-5-6(3-11)9(12)16-8(5)4-15-7/h2-4H,1H3. The van der Waals surface area contributed by atoms with E-state index in [-0.39, 0.29) is 22.6 Å². The molecule has 2 aliphatic rings. The first-order valence-corrected chi connectivity index (χ1v) is 4.26. The van der Waals surface area contributed by atoms with Crippen LogP contribution in [0.3, 0.4) is 0 Å². The van der Waals surface area contributed by atoms with Crippen LogP contribution >= 0.6 is 0 Å². The molecule has 6 heteroatoms. The minimum Gasteiger partial charge on any atom is -0.463 e. The summed E-state index contributed by atoms with van der Waals surface area (Å²) in [6.45, 7) is 0. The van der Waals surface area contributed by atoms with Gasteiger partial charge in [0.2, 0.25) is 5.76 Å². The lowest BCUT2D eigenvalue weighted by molar-refractivity contribution is 0.0562. The lowest BCUT2D eigenvalue weighted by Crippen LogP contribution is -2.02. The number of carbonyl (C=O) groups excluding carboxylic acids is 2. The number of aldehydes is 1. The van der Waals surface area contributed by atoms with Crippen LogP contribution in [0.2, 0.25) is 0 Å². The Labute approximate surface area is 88.8 Å². The molecule has 16 heavy (non-hydrogen) atoms. The molecule has 0 saturated heterocycles. The smallest absolute Gasteiger partial charge is 0.373 e. The van der Waals surface area contributed by atoms with Crippen LogP contribution in [0.5, 0.6) is 0 Å². The summed E-state index contributed by atoms with van der Waals surface area (Å²) in [5, 5.41) is 0. The number of carbonyl (C=O) groups is 2. The van der Waals surface area contributed by atoms with Crippen LogP contribution < -0.4 is 5.63 Å². The Morgan fingerprint density at radius 3 is 2.88 bits per heavy atom. The normalized spacial score (nSPS) is 10.3. The van der Waals surface area contributed by atoms with Gasteiger partial charge in [0.05, 0.1) is 7.11 Å². The summed E-state index contributed by atoms with van der Waals surface area (Å²) < 4.78 is 14.0. The number of esters is 1. The van der Waals surface area contributed by atoms with Gasteiger partial charge < -0.3 is 13.6 Å². The predicted octanol–water partition coefficient (Wildman–Crippen LogP) is 0.937. The molecule has 82 valence electrons. The molecule has 0 aromatic carbocycles. The van der Waals surface area contributed by atoms with Gasteiger partial charge in [-0.15, -0.1) is 0 Å². The SMILES string of the molecule is COC(=O)c1cc2c(C=O)c(=O)oc-2co1. The van der Waals surface area contributed by atoms with Crippen LogP contribution in [0, 0.1) is 0 Å². The zero-order valence-electron chi connectivity index (χ0n) is 8.18. The Bertz CT molecular complexity index is 576. The molecule has 6 nitrogen and oxygen atoms in total. The van der Waals surface area contributed by atoms with Gasteiger partial charge in [0, 0.05) is 11.6 Å². The fourth-order valence-electron chi connectivity index (χ4n) is 1.29. The van der Waals surface area contributed by atoms with Crippen molar-refractivity contribution in [2.45, 2.75) is 0 Å². The Hall–Kier alpha value is -2.37. The van der Waals surface area contributed by atoms with Crippen molar-refractivity contribution in [1.82, 2.24) is 0 Å². The molecule has 0 radical (unpaired) electrons. The summed E-state index contributed by atoms with van der Waals surface area (Å²) in [6, 6.07) is 1.23. The number of methoxy groups -OCH3 is 1. The quantitative estimate of drug-likeness (QED) is 0.555. The van der Waals surface area contributed by atoms with Gasteiger partial charge in [0.25, 0.3) is 0 Å². The zero-order chi connectivity index (χ0) is 11.7. The Morgan fingerprint density at radius 2 is 2.25 bits per heavy atom. The highest BCUT2D eigenvalue weighted by molar-refractivity contribution is 5.91. The van der Waals surface area contributed by atoms with Crippen molar-refractivity contribution in [3.8, 4) is 11.3 Å². The lowest BCUT2D eigenvalue weighted by atomic mass is 10.1.